The number of nitrogens with one attached hydrogen (secondary N) is 1. The fourth-order valence-corrected chi connectivity index (χ4v) is 2.20. The topological polar surface area (TPSA) is 84.9 Å². The molecule has 1 aromatic carbocycles. The first-order valence-electron chi connectivity index (χ1n) is 6.43. The molecule has 1 aliphatic rings. The molecule has 1 fully saturated rings. The lowest BCUT2D eigenvalue weighted by molar-refractivity contribution is -0.142. The van der Waals surface area contributed by atoms with Crippen molar-refractivity contribution in [3.8, 4) is 5.75 Å². The fraction of sp³-hybridized carbons (Fsp3) is 0.429. The highest BCUT2D eigenvalue weighted by Crippen LogP contribution is 2.18. The van der Waals surface area contributed by atoms with E-state index in [1.54, 1.807) is 6.07 Å². The first-order chi connectivity index (χ1) is 10.0. The minimum Gasteiger partial charge on any atom is -0.494 e. The number of carboxylic acid groups (broad SMARTS) is 1. The highest BCUT2D eigenvalue weighted by molar-refractivity contribution is 5.80. The van der Waals surface area contributed by atoms with Crippen molar-refractivity contribution in [2.45, 2.75) is 12.5 Å². The lowest BCUT2D eigenvalue weighted by Crippen LogP contribution is -2.43. The van der Waals surface area contributed by atoms with Crippen LogP contribution < -0.4 is 10.1 Å². The van der Waals surface area contributed by atoms with Crippen molar-refractivity contribution in [1.82, 2.24) is 5.32 Å². The molecule has 0 saturated carbocycles. The third-order valence-electron chi connectivity index (χ3n) is 3.32. The summed E-state index contributed by atoms with van der Waals surface area (Å²) < 4.78 is 23.4. The normalized spacial score (nSPS) is 21.0. The minimum absolute atomic E-state index is 0.0379. The number of amides is 1. The second-order valence-electron chi connectivity index (χ2n) is 4.80. The average molecular weight is 297 g/mol. The molecule has 21 heavy (non-hydrogen) atoms. The Kier molecular flexibility index (Phi) is 4.74. The van der Waals surface area contributed by atoms with Gasteiger partial charge in [-0.15, -0.1) is 0 Å². The van der Waals surface area contributed by atoms with Crippen molar-refractivity contribution >= 4 is 11.9 Å². The summed E-state index contributed by atoms with van der Waals surface area (Å²) in [5.74, 6) is -2.57. The molecule has 1 aromatic rings. The van der Waals surface area contributed by atoms with Gasteiger partial charge in [0.05, 0.1) is 32.8 Å². The van der Waals surface area contributed by atoms with E-state index in [4.69, 9.17) is 14.6 Å². The lowest BCUT2D eigenvalue weighted by Gasteiger charge is -2.15. The number of carbonyl (C=O) groups excluding carboxylic acids is 1. The van der Waals surface area contributed by atoms with Gasteiger partial charge in [-0.3, -0.25) is 9.59 Å². The van der Waals surface area contributed by atoms with Gasteiger partial charge in [-0.1, -0.05) is 6.07 Å². The van der Waals surface area contributed by atoms with Gasteiger partial charge in [0.2, 0.25) is 5.91 Å². The molecule has 0 spiro atoms. The summed E-state index contributed by atoms with van der Waals surface area (Å²) in [5.41, 5.74) is 0.483. The van der Waals surface area contributed by atoms with Gasteiger partial charge >= 0.3 is 5.97 Å². The van der Waals surface area contributed by atoms with Gasteiger partial charge in [0.15, 0.2) is 11.6 Å². The van der Waals surface area contributed by atoms with Crippen molar-refractivity contribution in [3.63, 3.8) is 0 Å². The van der Waals surface area contributed by atoms with Crippen LogP contribution in [0.15, 0.2) is 18.2 Å². The van der Waals surface area contributed by atoms with E-state index in [1.807, 2.05) is 0 Å². The Labute approximate surface area is 120 Å². The van der Waals surface area contributed by atoms with E-state index < -0.39 is 23.7 Å². The molecule has 0 radical (unpaired) electrons. The summed E-state index contributed by atoms with van der Waals surface area (Å²) in [4.78, 5) is 22.9. The van der Waals surface area contributed by atoms with Crippen molar-refractivity contribution < 1.29 is 28.6 Å². The maximum absolute atomic E-state index is 13.5. The Morgan fingerprint density at radius 1 is 1.48 bits per heavy atom. The predicted octanol–water partition coefficient (Wildman–Crippen LogP) is 0.593. The number of aliphatic carboxylic acids is 1. The van der Waals surface area contributed by atoms with E-state index in [2.05, 4.69) is 5.32 Å². The molecule has 1 saturated heterocycles. The highest BCUT2D eigenvalue weighted by atomic mass is 19.1. The van der Waals surface area contributed by atoms with E-state index in [9.17, 15) is 14.0 Å². The van der Waals surface area contributed by atoms with Gasteiger partial charge in [-0.05, 0) is 17.7 Å². The van der Waals surface area contributed by atoms with Crippen LogP contribution >= 0.6 is 0 Å². The van der Waals surface area contributed by atoms with Gasteiger partial charge < -0.3 is 19.9 Å². The number of halogens is 1. The largest absolute Gasteiger partial charge is 0.494 e. The van der Waals surface area contributed by atoms with Gasteiger partial charge in [-0.2, -0.15) is 0 Å². The lowest BCUT2D eigenvalue weighted by atomic mass is 10.0. The van der Waals surface area contributed by atoms with Crippen molar-refractivity contribution in [3.05, 3.63) is 29.6 Å². The smallest absolute Gasteiger partial charge is 0.311 e. The maximum Gasteiger partial charge on any atom is 0.311 e. The predicted molar refractivity (Wildman–Crippen MR) is 70.5 cm³/mol. The molecular formula is C14H16FNO5. The summed E-state index contributed by atoms with van der Waals surface area (Å²) >= 11 is 0. The van der Waals surface area contributed by atoms with Crippen LogP contribution in [0.2, 0.25) is 0 Å². The molecule has 0 aliphatic carbocycles. The second kappa shape index (κ2) is 6.53. The van der Waals surface area contributed by atoms with E-state index in [0.29, 0.717) is 5.56 Å². The van der Waals surface area contributed by atoms with Gasteiger partial charge in [0, 0.05) is 0 Å². The molecule has 7 heteroatoms. The van der Waals surface area contributed by atoms with Crippen LogP contribution in [-0.4, -0.2) is 43.3 Å². The zero-order valence-corrected chi connectivity index (χ0v) is 11.5. The average Bonchev–Trinajstić information content (AvgIpc) is 2.87. The molecule has 1 amide bonds. The van der Waals surface area contributed by atoms with Crippen LogP contribution in [0, 0.1) is 11.7 Å². The third kappa shape index (κ3) is 3.69. The Morgan fingerprint density at radius 3 is 2.86 bits per heavy atom. The van der Waals surface area contributed by atoms with Gasteiger partial charge in [0.1, 0.15) is 5.92 Å². The molecule has 1 aliphatic heterocycles. The molecule has 1 heterocycles. The number of hydrogen-bond acceptors (Lipinski definition) is 4. The molecule has 2 atom stereocenters. The van der Waals surface area contributed by atoms with Crippen molar-refractivity contribution in [1.29, 1.82) is 0 Å². The van der Waals surface area contributed by atoms with Crippen molar-refractivity contribution in [2.24, 2.45) is 5.92 Å². The van der Waals surface area contributed by atoms with Gasteiger partial charge in [0.25, 0.3) is 0 Å². The number of rotatable bonds is 5. The summed E-state index contributed by atoms with van der Waals surface area (Å²) in [6.45, 7) is 0.247. The summed E-state index contributed by atoms with van der Waals surface area (Å²) in [5, 5.41) is 11.6. The quantitative estimate of drug-likeness (QED) is 0.831. The van der Waals surface area contributed by atoms with E-state index in [1.165, 1.54) is 19.2 Å². The fourth-order valence-electron chi connectivity index (χ4n) is 2.20. The van der Waals surface area contributed by atoms with Crippen LogP contribution in [-0.2, 0) is 20.7 Å². The number of ether oxygens (including phenoxy) is 2. The molecule has 2 rings (SSSR count). The van der Waals surface area contributed by atoms with E-state index in [0.717, 1.165) is 0 Å². The maximum atomic E-state index is 13.5. The minimum atomic E-state index is -1.01. The Hall–Kier alpha value is -2.15. The SMILES string of the molecule is COc1ccc(CC(=O)NC2COCC2C(=O)O)cc1F. The Morgan fingerprint density at radius 2 is 2.24 bits per heavy atom. The Bertz CT molecular complexity index is 548. The number of hydrogen-bond donors (Lipinski definition) is 2. The highest BCUT2D eigenvalue weighted by Gasteiger charge is 2.34. The summed E-state index contributed by atoms with van der Waals surface area (Å²) in [7, 11) is 1.36. The molecule has 2 N–H and O–H groups in total. The van der Waals surface area contributed by atoms with Crippen LogP contribution in [0.3, 0.4) is 0 Å². The number of carbonyl (C=O) groups is 2. The molecule has 0 bridgehead atoms. The second-order valence-corrected chi connectivity index (χ2v) is 4.80. The summed E-state index contributed by atoms with van der Waals surface area (Å²) in [6.07, 6.45) is -0.0379. The van der Waals surface area contributed by atoms with E-state index >= 15 is 0 Å². The molecule has 114 valence electrons. The van der Waals surface area contributed by atoms with Crippen LogP contribution in [0.5, 0.6) is 5.75 Å². The van der Waals surface area contributed by atoms with E-state index in [-0.39, 0.29) is 31.3 Å². The number of methoxy groups -OCH3 is 1. The van der Waals surface area contributed by atoms with Gasteiger partial charge in [-0.25, -0.2) is 4.39 Å². The number of carboxylic acids is 1. The molecule has 2 unspecified atom stereocenters. The first kappa shape index (κ1) is 15.2. The zero-order chi connectivity index (χ0) is 15.4. The van der Waals surface area contributed by atoms with Crippen molar-refractivity contribution in [2.75, 3.05) is 20.3 Å². The third-order valence-corrected chi connectivity index (χ3v) is 3.32. The Balaban J connectivity index is 1.95. The van der Waals surface area contributed by atoms with Crippen LogP contribution in [0.4, 0.5) is 4.39 Å². The van der Waals surface area contributed by atoms with Crippen LogP contribution in [0.1, 0.15) is 5.56 Å². The monoisotopic (exact) mass is 297 g/mol. The number of benzene rings is 1. The molecule has 6 nitrogen and oxygen atoms in total. The molecular weight excluding hydrogens is 281 g/mol. The zero-order valence-electron chi connectivity index (χ0n) is 11.5. The summed E-state index contributed by atoms with van der Waals surface area (Å²) in [6, 6.07) is 3.69. The first-order valence-corrected chi connectivity index (χ1v) is 6.43. The molecule has 0 aromatic heterocycles. The standard InChI is InChI=1S/C14H16FNO5/c1-20-12-3-2-8(4-10(12)15)5-13(17)16-11-7-21-6-9(11)14(18)19/h2-4,9,11H,5-7H2,1H3,(H,16,17)(H,18,19). The van der Waals surface area contributed by atoms with Crippen LogP contribution in [0.25, 0.3) is 0 Å².